The summed E-state index contributed by atoms with van der Waals surface area (Å²) in [4.78, 5) is 45.7. The van der Waals surface area contributed by atoms with Crippen LogP contribution in [0.15, 0.2) is 49.6 Å². The van der Waals surface area contributed by atoms with E-state index in [4.69, 9.17) is 14.2 Å². The standard InChI is InChI=1S/C32H44N2O7/c1-7-9-10-18-40-30(38)26-25-28(36)34(23(20-35)19-21(3)4)27(32(25)16-15-31(26,5)41-32)29(37)33(17-8-2)22-11-13-24(39-6)14-12-22/h7-8,11-14,21,23,25-27,35H,1-2,9-10,15-20H2,3-6H3/t23-,25+,26-,27?,31+,32?/m1/s1. The van der Waals surface area contributed by atoms with Crippen LogP contribution < -0.4 is 9.64 Å². The van der Waals surface area contributed by atoms with E-state index in [9.17, 15) is 19.5 Å². The number of rotatable bonds is 14. The summed E-state index contributed by atoms with van der Waals surface area (Å²) >= 11 is 0. The smallest absolute Gasteiger partial charge is 0.312 e. The number of hydrogen-bond acceptors (Lipinski definition) is 7. The van der Waals surface area contributed by atoms with Crippen molar-refractivity contribution in [3.05, 3.63) is 49.6 Å². The maximum atomic E-state index is 14.7. The lowest BCUT2D eigenvalue weighted by molar-refractivity contribution is -0.160. The molecule has 0 aromatic heterocycles. The number of ether oxygens (including phenoxy) is 3. The Balaban J connectivity index is 1.78. The van der Waals surface area contributed by atoms with Crippen LogP contribution in [-0.2, 0) is 23.9 Å². The minimum atomic E-state index is -1.22. The third kappa shape index (κ3) is 5.42. The number of unbranched alkanes of at least 4 members (excludes halogenated alkanes) is 1. The molecular weight excluding hydrogens is 524 g/mol. The molecule has 3 aliphatic heterocycles. The van der Waals surface area contributed by atoms with Crippen molar-refractivity contribution in [2.75, 3.05) is 31.8 Å². The van der Waals surface area contributed by atoms with E-state index >= 15 is 0 Å². The number of esters is 1. The van der Waals surface area contributed by atoms with Gasteiger partial charge in [0.1, 0.15) is 23.3 Å². The molecule has 6 atom stereocenters. The average Bonchev–Trinajstić information content (AvgIpc) is 3.53. The minimum Gasteiger partial charge on any atom is -0.497 e. The van der Waals surface area contributed by atoms with Crippen LogP contribution >= 0.6 is 0 Å². The third-order valence-corrected chi connectivity index (χ3v) is 8.81. The van der Waals surface area contributed by atoms with E-state index in [1.807, 2.05) is 20.8 Å². The van der Waals surface area contributed by atoms with E-state index in [-0.39, 0.29) is 37.5 Å². The maximum absolute atomic E-state index is 14.7. The molecule has 1 spiro atoms. The number of anilines is 1. The van der Waals surface area contributed by atoms with Crippen molar-refractivity contribution in [2.45, 2.75) is 76.2 Å². The van der Waals surface area contributed by atoms with E-state index in [0.29, 0.717) is 43.5 Å². The number of methoxy groups -OCH3 is 1. The summed E-state index contributed by atoms with van der Waals surface area (Å²) in [6, 6.07) is 5.46. The topological polar surface area (TPSA) is 106 Å². The van der Waals surface area contributed by atoms with E-state index in [1.54, 1.807) is 48.4 Å². The first-order chi connectivity index (χ1) is 19.6. The zero-order valence-corrected chi connectivity index (χ0v) is 24.7. The molecule has 41 heavy (non-hydrogen) atoms. The summed E-state index contributed by atoms with van der Waals surface area (Å²) in [5.74, 6) is -2.09. The lowest BCUT2D eigenvalue weighted by atomic mass is 9.66. The molecule has 3 heterocycles. The highest BCUT2D eigenvalue weighted by Crippen LogP contribution is 2.64. The molecule has 0 radical (unpaired) electrons. The molecule has 2 amide bonds. The molecule has 2 bridgehead atoms. The number of likely N-dealkylation sites (tertiary alicyclic amines) is 1. The third-order valence-electron chi connectivity index (χ3n) is 8.81. The number of amides is 2. The number of fused-ring (bicyclic) bond motifs is 1. The lowest BCUT2D eigenvalue weighted by Gasteiger charge is -2.40. The van der Waals surface area contributed by atoms with Crippen molar-refractivity contribution >= 4 is 23.5 Å². The van der Waals surface area contributed by atoms with Crippen LogP contribution in [0.2, 0.25) is 0 Å². The molecule has 3 fully saturated rings. The van der Waals surface area contributed by atoms with E-state index in [0.717, 1.165) is 0 Å². The Morgan fingerprint density at radius 3 is 2.51 bits per heavy atom. The van der Waals surface area contributed by atoms with E-state index < -0.39 is 41.1 Å². The molecule has 1 aromatic rings. The fourth-order valence-corrected chi connectivity index (χ4v) is 7.07. The highest BCUT2D eigenvalue weighted by atomic mass is 16.6. The first kappa shape index (κ1) is 30.8. The Bertz CT molecular complexity index is 1150. The summed E-state index contributed by atoms with van der Waals surface area (Å²) in [6.07, 6.45) is 6.19. The van der Waals surface area contributed by atoms with Crippen molar-refractivity contribution in [1.82, 2.24) is 4.90 Å². The van der Waals surface area contributed by atoms with Gasteiger partial charge in [0.05, 0.1) is 37.9 Å². The first-order valence-electron chi connectivity index (χ1n) is 14.6. The first-order valence-corrected chi connectivity index (χ1v) is 14.6. The molecule has 4 rings (SSSR count). The summed E-state index contributed by atoms with van der Waals surface area (Å²) in [5.41, 5.74) is -1.54. The molecule has 2 unspecified atom stereocenters. The SMILES string of the molecule is C=CCCCOC(=O)[C@H]1[C@H]2C(=O)N([C@@H](CO)CC(C)C)C(C(=O)N(CC=C)c3ccc(OC)cc3)C23CC[C@]1(C)O3. The normalized spacial score (nSPS) is 28.9. The Labute approximate surface area is 243 Å². The van der Waals surface area contributed by atoms with Crippen molar-refractivity contribution in [3.8, 4) is 5.75 Å². The van der Waals surface area contributed by atoms with Crippen LogP contribution in [0.5, 0.6) is 5.75 Å². The lowest BCUT2D eigenvalue weighted by Crippen LogP contribution is -2.59. The fourth-order valence-electron chi connectivity index (χ4n) is 7.07. The number of aliphatic hydroxyl groups excluding tert-OH is 1. The van der Waals surface area contributed by atoms with Crippen molar-refractivity contribution < 1.29 is 33.7 Å². The van der Waals surface area contributed by atoms with Gasteiger partial charge in [-0.05, 0) is 69.2 Å². The zero-order valence-electron chi connectivity index (χ0n) is 24.7. The number of carbonyl (C=O) groups excluding carboxylic acids is 3. The van der Waals surface area contributed by atoms with Crippen LogP contribution in [0.25, 0.3) is 0 Å². The molecule has 0 aliphatic carbocycles. The maximum Gasteiger partial charge on any atom is 0.312 e. The molecule has 1 N–H and O–H groups in total. The molecular formula is C32H44N2O7. The van der Waals surface area contributed by atoms with Gasteiger partial charge in [0, 0.05) is 12.2 Å². The highest BCUT2D eigenvalue weighted by Gasteiger charge is 2.79. The van der Waals surface area contributed by atoms with Crippen LogP contribution in [0.3, 0.4) is 0 Å². The molecule has 0 saturated carbocycles. The number of nitrogens with zero attached hydrogens (tertiary/aromatic N) is 2. The molecule has 3 saturated heterocycles. The average molecular weight is 569 g/mol. The van der Waals surface area contributed by atoms with Gasteiger partial charge < -0.3 is 29.1 Å². The number of hydrogen-bond donors (Lipinski definition) is 1. The minimum absolute atomic E-state index is 0.153. The zero-order chi connectivity index (χ0) is 29.9. The number of carbonyl (C=O) groups is 3. The van der Waals surface area contributed by atoms with Crippen LogP contribution in [0.1, 0.15) is 52.9 Å². The monoisotopic (exact) mass is 568 g/mol. The fraction of sp³-hybridized carbons (Fsp3) is 0.594. The second-order valence-electron chi connectivity index (χ2n) is 12.0. The van der Waals surface area contributed by atoms with Gasteiger partial charge in [-0.15, -0.1) is 13.2 Å². The molecule has 3 aliphatic rings. The molecule has 9 nitrogen and oxygen atoms in total. The Hall–Kier alpha value is -3.17. The predicted octanol–water partition coefficient (Wildman–Crippen LogP) is 3.90. The Morgan fingerprint density at radius 2 is 1.93 bits per heavy atom. The predicted molar refractivity (Wildman–Crippen MR) is 155 cm³/mol. The van der Waals surface area contributed by atoms with Gasteiger partial charge in [-0.1, -0.05) is 26.0 Å². The van der Waals surface area contributed by atoms with Crippen LogP contribution in [-0.4, -0.2) is 77.9 Å². The summed E-state index contributed by atoms with van der Waals surface area (Å²) in [7, 11) is 1.57. The van der Waals surface area contributed by atoms with Gasteiger partial charge in [-0.25, -0.2) is 0 Å². The quantitative estimate of drug-likeness (QED) is 0.206. The number of benzene rings is 1. The Kier molecular flexibility index (Phi) is 9.29. The van der Waals surface area contributed by atoms with E-state index in [1.165, 1.54) is 4.90 Å². The molecule has 224 valence electrons. The van der Waals surface area contributed by atoms with Gasteiger partial charge in [0.15, 0.2) is 0 Å². The Morgan fingerprint density at radius 1 is 1.22 bits per heavy atom. The van der Waals surface area contributed by atoms with Crippen LogP contribution in [0, 0.1) is 17.8 Å². The summed E-state index contributed by atoms with van der Waals surface area (Å²) in [5, 5.41) is 10.5. The van der Waals surface area contributed by atoms with Gasteiger partial charge in [-0.2, -0.15) is 0 Å². The molecule has 1 aromatic carbocycles. The molecule has 9 heteroatoms. The summed E-state index contributed by atoms with van der Waals surface area (Å²) < 4.78 is 17.7. The van der Waals surface area contributed by atoms with Crippen molar-refractivity contribution in [3.63, 3.8) is 0 Å². The van der Waals surface area contributed by atoms with Crippen molar-refractivity contribution in [2.24, 2.45) is 17.8 Å². The number of allylic oxidation sites excluding steroid dienone is 1. The van der Waals surface area contributed by atoms with Crippen LogP contribution in [0.4, 0.5) is 5.69 Å². The largest absolute Gasteiger partial charge is 0.497 e. The summed E-state index contributed by atoms with van der Waals surface area (Å²) in [6.45, 7) is 13.5. The van der Waals surface area contributed by atoms with E-state index in [2.05, 4.69) is 13.2 Å². The second-order valence-corrected chi connectivity index (χ2v) is 12.0. The van der Waals surface area contributed by atoms with Gasteiger partial charge in [0.2, 0.25) is 5.91 Å². The van der Waals surface area contributed by atoms with Crippen molar-refractivity contribution in [1.29, 1.82) is 0 Å². The highest BCUT2D eigenvalue weighted by molar-refractivity contribution is 6.05. The number of aliphatic hydroxyl groups is 1. The van der Waals surface area contributed by atoms with Gasteiger partial charge in [0.25, 0.3) is 5.91 Å². The second kappa shape index (κ2) is 12.4. The van der Waals surface area contributed by atoms with Gasteiger partial charge >= 0.3 is 5.97 Å². The van der Waals surface area contributed by atoms with Gasteiger partial charge in [-0.3, -0.25) is 14.4 Å².